The van der Waals surface area contributed by atoms with Crippen molar-refractivity contribution in [1.82, 2.24) is 5.32 Å². The summed E-state index contributed by atoms with van der Waals surface area (Å²) in [5, 5.41) is 2.71. The molecular formula is C13H17NO3S. The van der Waals surface area contributed by atoms with Crippen molar-refractivity contribution < 1.29 is 14.3 Å². The van der Waals surface area contributed by atoms with Gasteiger partial charge < -0.3 is 10.1 Å². The molecule has 18 heavy (non-hydrogen) atoms. The van der Waals surface area contributed by atoms with Crippen LogP contribution in [0.1, 0.15) is 23.7 Å². The van der Waals surface area contributed by atoms with E-state index < -0.39 is 0 Å². The van der Waals surface area contributed by atoms with Gasteiger partial charge in [0, 0.05) is 11.4 Å². The summed E-state index contributed by atoms with van der Waals surface area (Å²) in [6, 6.07) is 7.37. The summed E-state index contributed by atoms with van der Waals surface area (Å²) in [5.41, 5.74) is 0.633. The molecule has 1 aromatic carbocycles. The van der Waals surface area contributed by atoms with E-state index in [9.17, 15) is 9.59 Å². The highest BCUT2D eigenvalue weighted by atomic mass is 32.2. The smallest absolute Gasteiger partial charge is 0.307 e. The van der Waals surface area contributed by atoms with Crippen LogP contribution in [0.3, 0.4) is 0 Å². The van der Waals surface area contributed by atoms with E-state index in [1.165, 1.54) is 11.8 Å². The molecule has 1 N–H and O–H groups in total. The van der Waals surface area contributed by atoms with Crippen LogP contribution in [-0.4, -0.2) is 31.3 Å². The van der Waals surface area contributed by atoms with Gasteiger partial charge in [0.15, 0.2) is 0 Å². The Balaban J connectivity index is 2.48. The average Bonchev–Trinajstić information content (AvgIpc) is 2.38. The van der Waals surface area contributed by atoms with Gasteiger partial charge in [0.2, 0.25) is 0 Å². The molecule has 0 saturated carbocycles. The molecule has 0 spiro atoms. The molecule has 0 heterocycles. The lowest BCUT2D eigenvalue weighted by atomic mass is 10.2. The summed E-state index contributed by atoms with van der Waals surface area (Å²) in [6.07, 6.45) is 2.12. The predicted molar refractivity (Wildman–Crippen MR) is 71.8 cm³/mol. The minimum atomic E-state index is -0.295. The maximum Gasteiger partial charge on any atom is 0.307 e. The lowest BCUT2D eigenvalue weighted by Gasteiger charge is -2.08. The summed E-state index contributed by atoms with van der Waals surface area (Å²) in [7, 11) is 0. The van der Waals surface area contributed by atoms with E-state index in [1.54, 1.807) is 13.0 Å². The fourth-order valence-electron chi connectivity index (χ4n) is 1.44. The SMILES string of the molecule is CCOC(=O)CCNC(=O)c1ccccc1SC. The fraction of sp³-hybridized carbons (Fsp3) is 0.385. The predicted octanol–water partition coefficient (Wildman–Crippen LogP) is 2.09. The third-order valence-electron chi connectivity index (χ3n) is 2.27. The van der Waals surface area contributed by atoms with Gasteiger partial charge in [-0.15, -0.1) is 11.8 Å². The number of nitrogens with one attached hydrogen (secondary N) is 1. The Bertz CT molecular complexity index is 420. The van der Waals surface area contributed by atoms with Crippen molar-refractivity contribution in [2.24, 2.45) is 0 Å². The second kappa shape index (κ2) is 7.76. The van der Waals surface area contributed by atoms with E-state index >= 15 is 0 Å². The molecule has 4 nitrogen and oxygen atoms in total. The Labute approximate surface area is 111 Å². The van der Waals surface area contributed by atoms with Crippen LogP contribution in [0, 0.1) is 0 Å². The van der Waals surface area contributed by atoms with Gasteiger partial charge in [0.05, 0.1) is 18.6 Å². The molecule has 0 unspecified atom stereocenters. The number of hydrogen-bond donors (Lipinski definition) is 1. The highest BCUT2D eigenvalue weighted by molar-refractivity contribution is 7.98. The average molecular weight is 267 g/mol. The molecule has 0 aromatic heterocycles. The third kappa shape index (κ3) is 4.41. The van der Waals surface area contributed by atoms with Crippen molar-refractivity contribution in [2.75, 3.05) is 19.4 Å². The molecule has 0 radical (unpaired) electrons. The summed E-state index contributed by atoms with van der Waals surface area (Å²) >= 11 is 1.52. The van der Waals surface area contributed by atoms with Crippen molar-refractivity contribution >= 4 is 23.6 Å². The van der Waals surface area contributed by atoms with Crippen LogP contribution >= 0.6 is 11.8 Å². The molecule has 0 aliphatic carbocycles. The number of hydrogen-bond acceptors (Lipinski definition) is 4. The molecule has 1 aromatic rings. The Kier molecular flexibility index (Phi) is 6.28. The zero-order chi connectivity index (χ0) is 13.4. The van der Waals surface area contributed by atoms with Gasteiger partial charge in [-0.25, -0.2) is 0 Å². The number of benzene rings is 1. The van der Waals surface area contributed by atoms with Crippen molar-refractivity contribution in [3.05, 3.63) is 29.8 Å². The first-order valence-corrected chi connectivity index (χ1v) is 6.98. The lowest BCUT2D eigenvalue weighted by Crippen LogP contribution is -2.27. The van der Waals surface area contributed by atoms with Crippen LogP contribution in [0.2, 0.25) is 0 Å². The standard InChI is InChI=1S/C13H17NO3S/c1-3-17-12(15)8-9-14-13(16)10-6-4-5-7-11(10)18-2/h4-7H,3,8-9H2,1-2H3,(H,14,16). The first kappa shape index (κ1) is 14.6. The molecule has 0 aliphatic heterocycles. The summed E-state index contributed by atoms with van der Waals surface area (Å²) in [6.45, 7) is 2.41. The van der Waals surface area contributed by atoms with Gasteiger partial charge in [0.25, 0.3) is 5.91 Å². The van der Waals surface area contributed by atoms with Crippen LogP contribution in [0.5, 0.6) is 0 Å². The van der Waals surface area contributed by atoms with Gasteiger partial charge in [-0.1, -0.05) is 12.1 Å². The number of amides is 1. The highest BCUT2D eigenvalue weighted by Gasteiger charge is 2.10. The number of carbonyl (C=O) groups is 2. The van der Waals surface area contributed by atoms with Crippen LogP contribution in [0.25, 0.3) is 0 Å². The van der Waals surface area contributed by atoms with Crippen LogP contribution in [0.4, 0.5) is 0 Å². The monoisotopic (exact) mass is 267 g/mol. The zero-order valence-electron chi connectivity index (χ0n) is 10.6. The lowest BCUT2D eigenvalue weighted by molar-refractivity contribution is -0.142. The fourth-order valence-corrected chi connectivity index (χ4v) is 2.03. The number of carbonyl (C=O) groups excluding carboxylic acids is 2. The van der Waals surface area contributed by atoms with E-state index in [0.29, 0.717) is 18.7 Å². The Hall–Kier alpha value is -1.49. The minimum absolute atomic E-state index is 0.163. The first-order valence-electron chi connectivity index (χ1n) is 5.75. The molecular weight excluding hydrogens is 250 g/mol. The molecule has 5 heteroatoms. The number of thioether (sulfide) groups is 1. The highest BCUT2D eigenvalue weighted by Crippen LogP contribution is 2.19. The topological polar surface area (TPSA) is 55.4 Å². The van der Waals surface area contributed by atoms with Crippen molar-refractivity contribution in [3.8, 4) is 0 Å². The van der Waals surface area contributed by atoms with Crippen molar-refractivity contribution in [1.29, 1.82) is 0 Å². The second-order valence-corrected chi connectivity index (χ2v) is 4.36. The van der Waals surface area contributed by atoms with Gasteiger partial charge in [-0.2, -0.15) is 0 Å². The van der Waals surface area contributed by atoms with Crippen molar-refractivity contribution in [2.45, 2.75) is 18.2 Å². The Morgan fingerprint density at radius 3 is 2.72 bits per heavy atom. The number of rotatable bonds is 6. The summed E-state index contributed by atoms with van der Waals surface area (Å²) in [4.78, 5) is 23.9. The first-order chi connectivity index (χ1) is 8.69. The van der Waals surface area contributed by atoms with Crippen LogP contribution in [-0.2, 0) is 9.53 Å². The van der Waals surface area contributed by atoms with E-state index in [0.717, 1.165) is 4.90 Å². The molecule has 0 atom stereocenters. The summed E-state index contributed by atoms with van der Waals surface area (Å²) in [5.74, 6) is -0.458. The van der Waals surface area contributed by atoms with Gasteiger partial charge in [0.1, 0.15) is 0 Å². The van der Waals surface area contributed by atoms with E-state index in [4.69, 9.17) is 4.74 Å². The van der Waals surface area contributed by atoms with Crippen LogP contribution in [0.15, 0.2) is 29.2 Å². The molecule has 0 bridgehead atoms. The summed E-state index contributed by atoms with van der Waals surface area (Å²) < 4.78 is 4.78. The molecule has 0 aliphatic rings. The van der Waals surface area contributed by atoms with Crippen molar-refractivity contribution in [3.63, 3.8) is 0 Å². The van der Waals surface area contributed by atoms with E-state index in [1.807, 2.05) is 24.5 Å². The van der Waals surface area contributed by atoms with Gasteiger partial charge >= 0.3 is 5.97 Å². The quantitative estimate of drug-likeness (QED) is 0.633. The zero-order valence-corrected chi connectivity index (χ0v) is 11.4. The maximum absolute atomic E-state index is 11.9. The third-order valence-corrected chi connectivity index (χ3v) is 3.07. The maximum atomic E-state index is 11.9. The largest absolute Gasteiger partial charge is 0.466 e. The number of esters is 1. The van der Waals surface area contributed by atoms with Crippen LogP contribution < -0.4 is 5.32 Å². The normalized spacial score (nSPS) is 9.89. The Morgan fingerprint density at radius 2 is 2.06 bits per heavy atom. The molecule has 1 rings (SSSR count). The number of ether oxygens (including phenoxy) is 1. The van der Waals surface area contributed by atoms with E-state index in [2.05, 4.69) is 5.32 Å². The Morgan fingerprint density at radius 1 is 1.33 bits per heavy atom. The minimum Gasteiger partial charge on any atom is -0.466 e. The van der Waals surface area contributed by atoms with Gasteiger partial charge in [-0.05, 0) is 25.3 Å². The molecule has 1 amide bonds. The molecule has 0 saturated heterocycles. The second-order valence-electron chi connectivity index (χ2n) is 3.51. The molecule has 0 fully saturated rings. The van der Waals surface area contributed by atoms with Gasteiger partial charge in [-0.3, -0.25) is 9.59 Å². The molecule has 98 valence electrons. The van der Waals surface area contributed by atoms with E-state index in [-0.39, 0.29) is 18.3 Å².